The lowest BCUT2D eigenvalue weighted by atomic mass is 9.96. The van der Waals surface area contributed by atoms with E-state index in [1.54, 1.807) is 0 Å². The highest BCUT2D eigenvalue weighted by atomic mass is 35.5. The molecule has 1 saturated heterocycles. The monoisotopic (exact) mass is 284 g/mol. The number of nitrogens with zero attached hydrogens (tertiary/aromatic N) is 1. The van der Waals surface area contributed by atoms with Crippen molar-refractivity contribution >= 4 is 23.4 Å². The highest BCUT2D eigenvalue weighted by molar-refractivity contribution is 7.99. The summed E-state index contributed by atoms with van der Waals surface area (Å²) in [6.07, 6.45) is 0.972. The van der Waals surface area contributed by atoms with E-state index < -0.39 is 0 Å². The van der Waals surface area contributed by atoms with Crippen LogP contribution in [0.15, 0.2) is 24.3 Å². The van der Waals surface area contributed by atoms with E-state index in [0.29, 0.717) is 0 Å². The zero-order valence-electron chi connectivity index (χ0n) is 10.8. The summed E-state index contributed by atoms with van der Waals surface area (Å²) in [5.41, 5.74) is 7.52. The van der Waals surface area contributed by atoms with Crippen LogP contribution in [0.3, 0.4) is 0 Å². The van der Waals surface area contributed by atoms with Gasteiger partial charge in [-0.05, 0) is 18.1 Å². The van der Waals surface area contributed by atoms with Gasteiger partial charge in [-0.2, -0.15) is 11.8 Å². The van der Waals surface area contributed by atoms with Gasteiger partial charge in [-0.25, -0.2) is 0 Å². The topological polar surface area (TPSA) is 29.3 Å². The van der Waals surface area contributed by atoms with Crippen LogP contribution in [-0.4, -0.2) is 35.5 Å². The molecular weight excluding hydrogens is 264 g/mol. The molecule has 1 fully saturated rings. The number of hydrogen-bond acceptors (Lipinski definition) is 3. The zero-order chi connectivity index (χ0) is 13.0. The van der Waals surface area contributed by atoms with Gasteiger partial charge in [-0.3, -0.25) is 4.90 Å². The molecule has 0 amide bonds. The minimum Gasteiger partial charge on any atom is -0.326 e. The molecule has 100 valence electrons. The van der Waals surface area contributed by atoms with Crippen molar-refractivity contribution in [3.63, 3.8) is 0 Å². The number of nitrogens with two attached hydrogens (primary N) is 1. The Morgan fingerprint density at radius 1 is 1.33 bits per heavy atom. The minimum absolute atomic E-state index is 0.146. The third-order valence-electron chi connectivity index (χ3n) is 3.54. The van der Waals surface area contributed by atoms with Crippen LogP contribution in [0.4, 0.5) is 0 Å². The molecule has 1 aliphatic heterocycles. The van der Waals surface area contributed by atoms with Gasteiger partial charge < -0.3 is 5.73 Å². The number of hydrogen-bond donors (Lipinski definition) is 1. The molecule has 0 radical (unpaired) electrons. The summed E-state index contributed by atoms with van der Waals surface area (Å²) in [6.45, 7) is 4.36. The highest BCUT2D eigenvalue weighted by Crippen LogP contribution is 2.32. The van der Waals surface area contributed by atoms with E-state index in [-0.39, 0.29) is 12.1 Å². The molecule has 4 heteroatoms. The molecule has 0 aliphatic carbocycles. The lowest BCUT2D eigenvalue weighted by molar-refractivity contribution is 0.186. The third kappa shape index (κ3) is 3.21. The average molecular weight is 285 g/mol. The summed E-state index contributed by atoms with van der Waals surface area (Å²) in [4.78, 5) is 2.49. The molecule has 2 unspecified atom stereocenters. The van der Waals surface area contributed by atoms with Gasteiger partial charge in [0, 0.05) is 35.7 Å². The first kappa shape index (κ1) is 14.2. The number of halogens is 1. The van der Waals surface area contributed by atoms with Crippen LogP contribution in [0, 0.1) is 0 Å². The van der Waals surface area contributed by atoms with E-state index >= 15 is 0 Å². The average Bonchev–Trinajstić information content (AvgIpc) is 2.42. The van der Waals surface area contributed by atoms with Gasteiger partial charge in [-0.1, -0.05) is 36.7 Å². The van der Waals surface area contributed by atoms with Crippen molar-refractivity contribution in [1.29, 1.82) is 0 Å². The molecule has 2 N–H and O–H groups in total. The summed E-state index contributed by atoms with van der Waals surface area (Å²) in [5, 5.41) is 0.838. The summed E-state index contributed by atoms with van der Waals surface area (Å²) >= 11 is 8.37. The Hall–Kier alpha value is -0.220. The first-order valence-corrected chi connectivity index (χ1v) is 8.09. The molecule has 0 bridgehead atoms. The van der Waals surface area contributed by atoms with Gasteiger partial charge >= 0.3 is 0 Å². The molecule has 0 saturated carbocycles. The van der Waals surface area contributed by atoms with E-state index in [0.717, 1.165) is 24.5 Å². The smallest absolute Gasteiger partial charge is 0.0514 e. The molecule has 2 atom stereocenters. The van der Waals surface area contributed by atoms with Crippen molar-refractivity contribution in [2.24, 2.45) is 5.73 Å². The Balaban J connectivity index is 2.27. The third-order valence-corrected chi connectivity index (χ3v) is 4.83. The fourth-order valence-corrected chi connectivity index (χ4v) is 3.67. The second-order valence-electron chi connectivity index (χ2n) is 4.69. The maximum atomic E-state index is 6.35. The molecule has 1 aliphatic rings. The van der Waals surface area contributed by atoms with Crippen molar-refractivity contribution in [2.75, 3.05) is 24.6 Å². The van der Waals surface area contributed by atoms with E-state index in [1.807, 2.05) is 23.9 Å². The Kier molecular flexibility index (Phi) is 5.37. The van der Waals surface area contributed by atoms with Crippen LogP contribution in [0.2, 0.25) is 5.02 Å². The van der Waals surface area contributed by atoms with Crippen molar-refractivity contribution in [2.45, 2.75) is 25.4 Å². The quantitative estimate of drug-likeness (QED) is 0.921. The van der Waals surface area contributed by atoms with Gasteiger partial charge in [0.15, 0.2) is 0 Å². The van der Waals surface area contributed by atoms with E-state index in [2.05, 4.69) is 24.0 Å². The molecule has 18 heavy (non-hydrogen) atoms. The molecule has 1 aromatic carbocycles. The van der Waals surface area contributed by atoms with Gasteiger partial charge in [0.2, 0.25) is 0 Å². The second kappa shape index (κ2) is 6.80. The van der Waals surface area contributed by atoms with Crippen molar-refractivity contribution < 1.29 is 0 Å². The lowest BCUT2D eigenvalue weighted by Crippen LogP contribution is -2.44. The normalized spacial score (nSPS) is 20.6. The maximum Gasteiger partial charge on any atom is 0.0514 e. The van der Waals surface area contributed by atoms with E-state index in [9.17, 15) is 0 Å². The van der Waals surface area contributed by atoms with Crippen molar-refractivity contribution in [1.82, 2.24) is 4.90 Å². The van der Waals surface area contributed by atoms with Crippen LogP contribution >= 0.6 is 23.4 Å². The number of thioether (sulfide) groups is 1. The Labute approximate surface area is 119 Å². The molecule has 2 rings (SSSR count). The van der Waals surface area contributed by atoms with Crippen LogP contribution in [-0.2, 0) is 0 Å². The van der Waals surface area contributed by atoms with Crippen molar-refractivity contribution in [3.05, 3.63) is 34.9 Å². The standard InChI is InChI=1S/C14H21ClN2S/c1-2-13(16)14(17-7-9-18-10-8-17)11-5-3-4-6-12(11)15/h3-6,13-14H,2,7-10,16H2,1H3. The van der Waals surface area contributed by atoms with E-state index in [4.69, 9.17) is 17.3 Å². The molecule has 1 aromatic rings. The summed E-state index contributed by atoms with van der Waals surface area (Å²) in [7, 11) is 0. The Bertz CT molecular complexity index is 380. The maximum absolute atomic E-state index is 6.35. The summed E-state index contributed by atoms with van der Waals surface area (Å²) in [5.74, 6) is 2.38. The van der Waals surface area contributed by atoms with Gasteiger partial charge in [0.25, 0.3) is 0 Å². The molecule has 2 nitrogen and oxygen atoms in total. The number of rotatable bonds is 4. The van der Waals surface area contributed by atoms with E-state index in [1.165, 1.54) is 17.1 Å². The molecule has 0 spiro atoms. The van der Waals surface area contributed by atoms with Crippen LogP contribution in [0.5, 0.6) is 0 Å². The molecular formula is C14H21ClN2S. The summed E-state index contributed by atoms with van der Waals surface area (Å²) < 4.78 is 0. The Morgan fingerprint density at radius 3 is 2.61 bits per heavy atom. The fraction of sp³-hybridized carbons (Fsp3) is 0.571. The highest BCUT2D eigenvalue weighted by Gasteiger charge is 2.28. The minimum atomic E-state index is 0.146. The summed E-state index contributed by atoms with van der Waals surface area (Å²) in [6, 6.07) is 8.51. The van der Waals surface area contributed by atoms with Crippen molar-refractivity contribution in [3.8, 4) is 0 Å². The lowest BCUT2D eigenvalue weighted by Gasteiger charge is -2.38. The number of benzene rings is 1. The van der Waals surface area contributed by atoms with Gasteiger partial charge in [0.05, 0.1) is 6.04 Å². The first-order valence-electron chi connectivity index (χ1n) is 6.56. The van der Waals surface area contributed by atoms with Crippen LogP contribution in [0.25, 0.3) is 0 Å². The molecule has 1 heterocycles. The van der Waals surface area contributed by atoms with Crippen LogP contribution in [0.1, 0.15) is 24.9 Å². The predicted molar refractivity (Wildman–Crippen MR) is 81.4 cm³/mol. The second-order valence-corrected chi connectivity index (χ2v) is 6.32. The fourth-order valence-electron chi connectivity index (χ4n) is 2.49. The predicted octanol–water partition coefficient (Wildman–Crippen LogP) is 3.17. The Morgan fingerprint density at radius 2 is 2.00 bits per heavy atom. The SMILES string of the molecule is CCC(N)C(c1ccccc1Cl)N1CCSCC1. The molecule has 0 aromatic heterocycles. The van der Waals surface area contributed by atoms with Gasteiger partial charge in [-0.15, -0.1) is 0 Å². The first-order chi connectivity index (χ1) is 8.74. The van der Waals surface area contributed by atoms with Gasteiger partial charge in [0.1, 0.15) is 0 Å². The van der Waals surface area contributed by atoms with Crippen LogP contribution < -0.4 is 5.73 Å². The largest absolute Gasteiger partial charge is 0.326 e. The zero-order valence-corrected chi connectivity index (χ0v) is 12.4.